The van der Waals surface area contributed by atoms with Gasteiger partial charge in [-0.25, -0.2) is 4.98 Å². The van der Waals surface area contributed by atoms with Crippen LogP contribution in [0.1, 0.15) is 24.1 Å². The van der Waals surface area contributed by atoms with Crippen LogP contribution < -0.4 is 20.3 Å². The number of hydrogen-bond acceptors (Lipinski definition) is 5. The third kappa shape index (κ3) is 6.52. The maximum absolute atomic E-state index is 12.5. The third-order valence-corrected chi connectivity index (χ3v) is 5.41. The van der Waals surface area contributed by atoms with E-state index in [1.54, 1.807) is 30.5 Å². The van der Waals surface area contributed by atoms with Crippen molar-refractivity contribution < 1.29 is 17.9 Å². The molecule has 1 aromatic carbocycles. The van der Waals surface area contributed by atoms with Gasteiger partial charge in [-0.3, -0.25) is 4.99 Å². The first-order valence-electron chi connectivity index (χ1n) is 9.42. The molecule has 0 amide bonds. The normalized spacial score (nSPS) is 14.9. The highest BCUT2D eigenvalue weighted by Crippen LogP contribution is 2.26. The van der Waals surface area contributed by atoms with E-state index in [0.717, 1.165) is 30.3 Å². The Hall–Kier alpha value is -2.49. The van der Waals surface area contributed by atoms with Gasteiger partial charge in [-0.2, -0.15) is 0 Å². The highest BCUT2D eigenvalue weighted by Gasteiger charge is 2.31. The number of benzene rings is 1. The zero-order valence-electron chi connectivity index (χ0n) is 16.1. The van der Waals surface area contributed by atoms with Crippen molar-refractivity contribution >= 4 is 22.4 Å². The number of hydrogen-bond donors (Lipinski definition) is 2. The van der Waals surface area contributed by atoms with Gasteiger partial charge in [-0.15, -0.1) is 24.5 Å². The summed E-state index contributed by atoms with van der Waals surface area (Å²) >= 11 is 1.66. The highest BCUT2D eigenvalue weighted by molar-refractivity contribution is 7.13. The van der Waals surface area contributed by atoms with Crippen molar-refractivity contribution in [2.24, 2.45) is 4.99 Å². The Bertz CT molecular complexity index is 818. The van der Waals surface area contributed by atoms with Gasteiger partial charge < -0.3 is 20.3 Å². The molecule has 1 aliphatic heterocycles. The lowest BCUT2D eigenvalue weighted by molar-refractivity contribution is -0.274. The van der Waals surface area contributed by atoms with Crippen LogP contribution in [0.5, 0.6) is 5.75 Å². The molecule has 1 fully saturated rings. The molecule has 2 heterocycles. The summed E-state index contributed by atoms with van der Waals surface area (Å²) in [5.41, 5.74) is 1.41. The van der Waals surface area contributed by atoms with Crippen LogP contribution in [0.4, 0.5) is 18.3 Å². The Labute approximate surface area is 171 Å². The first-order valence-corrected chi connectivity index (χ1v) is 10.3. The van der Waals surface area contributed by atoms with Crippen LogP contribution in [0, 0.1) is 0 Å². The summed E-state index contributed by atoms with van der Waals surface area (Å²) < 4.78 is 41.7. The number of aromatic nitrogens is 1. The van der Waals surface area contributed by atoms with E-state index in [-0.39, 0.29) is 12.3 Å². The Balaban J connectivity index is 1.47. The molecule has 0 atom stereocenters. The summed E-state index contributed by atoms with van der Waals surface area (Å²) in [7, 11) is 1.61. The van der Waals surface area contributed by atoms with E-state index in [0.29, 0.717) is 18.1 Å². The van der Waals surface area contributed by atoms with Crippen LogP contribution in [0.2, 0.25) is 0 Å². The summed E-state index contributed by atoms with van der Waals surface area (Å²) in [4.78, 5) is 11.1. The number of ether oxygens (including phenoxy) is 1. The van der Waals surface area contributed by atoms with Gasteiger partial charge in [-0.1, -0.05) is 18.2 Å². The second kappa shape index (κ2) is 9.82. The van der Waals surface area contributed by atoms with E-state index in [1.807, 2.05) is 0 Å². The minimum Gasteiger partial charge on any atom is -0.405 e. The second-order valence-electron chi connectivity index (χ2n) is 6.57. The van der Waals surface area contributed by atoms with Crippen LogP contribution in [-0.4, -0.2) is 44.0 Å². The van der Waals surface area contributed by atoms with Crippen molar-refractivity contribution in [3.63, 3.8) is 0 Å². The first kappa shape index (κ1) is 21.2. The highest BCUT2D eigenvalue weighted by atomic mass is 32.1. The maximum Gasteiger partial charge on any atom is 0.573 e. The van der Waals surface area contributed by atoms with Crippen LogP contribution >= 0.6 is 11.3 Å². The molecule has 0 unspecified atom stereocenters. The van der Waals surface area contributed by atoms with E-state index < -0.39 is 6.36 Å². The SMILES string of the molecule is CN=C(NCCc1csc(N2CCCC2)n1)NCc1ccccc1OC(F)(F)F. The molecule has 0 aliphatic carbocycles. The molecule has 0 spiro atoms. The number of halogens is 3. The third-order valence-electron chi connectivity index (χ3n) is 4.46. The molecule has 0 saturated carbocycles. The summed E-state index contributed by atoms with van der Waals surface area (Å²) in [5.74, 6) is 0.279. The Morgan fingerprint density at radius 1 is 1.24 bits per heavy atom. The predicted octanol–water partition coefficient (Wildman–Crippen LogP) is 3.55. The number of nitrogens with one attached hydrogen (secondary N) is 2. The van der Waals surface area contributed by atoms with E-state index in [4.69, 9.17) is 0 Å². The summed E-state index contributed by atoms with van der Waals surface area (Å²) in [6.45, 7) is 2.91. The fraction of sp³-hybridized carbons (Fsp3) is 0.474. The van der Waals surface area contributed by atoms with Gasteiger partial charge in [0.15, 0.2) is 11.1 Å². The molecule has 2 aromatic rings. The second-order valence-corrected chi connectivity index (χ2v) is 7.41. The number of nitrogens with zero attached hydrogens (tertiary/aromatic N) is 3. The number of rotatable bonds is 7. The monoisotopic (exact) mass is 427 g/mol. The molecule has 6 nitrogen and oxygen atoms in total. The van der Waals surface area contributed by atoms with E-state index >= 15 is 0 Å². The van der Waals surface area contributed by atoms with Crippen LogP contribution in [0.15, 0.2) is 34.6 Å². The number of thiazole rings is 1. The topological polar surface area (TPSA) is 61.8 Å². The molecule has 10 heteroatoms. The molecule has 29 heavy (non-hydrogen) atoms. The molecule has 158 valence electrons. The lowest BCUT2D eigenvalue weighted by Gasteiger charge is -2.15. The first-order chi connectivity index (χ1) is 13.9. The van der Waals surface area contributed by atoms with Gasteiger partial charge in [-0.05, 0) is 18.9 Å². The zero-order chi connectivity index (χ0) is 20.7. The predicted molar refractivity (Wildman–Crippen MR) is 109 cm³/mol. The molecular weight excluding hydrogens is 403 g/mol. The standard InChI is InChI=1S/C19H24F3N5OS/c1-23-17(25-12-14-6-2-3-7-16(14)28-19(20,21)22)24-9-8-15-13-29-18(26-15)27-10-4-5-11-27/h2-3,6-7,13H,4-5,8-12H2,1H3,(H2,23,24,25). The molecule has 3 rings (SSSR count). The fourth-order valence-electron chi connectivity index (χ4n) is 3.05. The molecule has 1 aliphatic rings. The largest absolute Gasteiger partial charge is 0.573 e. The maximum atomic E-state index is 12.5. The van der Waals surface area contributed by atoms with Crippen molar-refractivity contribution in [2.45, 2.75) is 32.2 Å². The van der Waals surface area contributed by atoms with Crippen molar-refractivity contribution in [3.05, 3.63) is 40.9 Å². The molecule has 0 radical (unpaired) electrons. The summed E-state index contributed by atoms with van der Waals surface area (Å²) in [6, 6.07) is 6.04. The minimum atomic E-state index is -4.72. The Morgan fingerprint density at radius 3 is 2.72 bits per heavy atom. The quantitative estimate of drug-likeness (QED) is 0.523. The minimum absolute atomic E-state index is 0.154. The number of alkyl halides is 3. The number of aliphatic imine (C=N–C) groups is 1. The van der Waals surface area contributed by atoms with Gasteiger partial charge in [0, 0.05) is 50.6 Å². The Morgan fingerprint density at radius 2 is 2.00 bits per heavy atom. The van der Waals surface area contributed by atoms with Crippen molar-refractivity contribution in [1.29, 1.82) is 0 Å². The number of para-hydroxylation sites is 1. The van der Waals surface area contributed by atoms with Gasteiger partial charge in [0.1, 0.15) is 5.75 Å². The lowest BCUT2D eigenvalue weighted by atomic mass is 10.2. The molecule has 0 bridgehead atoms. The van der Waals surface area contributed by atoms with Gasteiger partial charge >= 0.3 is 6.36 Å². The van der Waals surface area contributed by atoms with Crippen LogP contribution in [0.25, 0.3) is 0 Å². The number of anilines is 1. The lowest BCUT2D eigenvalue weighted by Crippen LogP contribution is -2.38. The summed E-state index contributed by atoms with van der Waals surface area (Å²) in [6.07, 6.45) is -1.55. The molecule has 1 saturated heterocycles. The average Bonchev–Trinajstić information content (AvgIpc) is 3.36. The van der Waals surface area contributed by atoms with Crippen LogP contribution in [0.3, 0.4) is 0 Å². The van der Waals surface area contributed by atoms with Gasteiger partial charge in [0.2, 0.25) is 0 Å². The van der Waals surface area contributed by atoms with Gasteiger partial charge in [0.25, 0.3) is 0 Å². The molecule has 2 N–H and O–H groups in total. The van der Waals surface area contributed by atoms with E-state index in [1.165, 1.54) is 25.0 Å². The van der Waals surface area contributed by atoms with E-state index in [2.05, 4.69) is 35.6 Å². The van der Waals surface area contributed by atoms with Crippen LogP contribution in [-0.2, 0) is 13.0 Å². The smallest absolute Gasteiger partial charge is 0.405 e. The fourth-order valence-corrected chi connectivity index (χ4v) is 3.96. The molecular formula is C19H24F3N5OS. The summed E-state index contributed by atoms with van der Waals surface area (Å²) in [5, 5.41) is 9.31. The van der Waals surface area contributed by atoms with Crippen molar-refractivity contribution in [3.8, 4) is 5.75 Å². The van der Waals surface area contributed by atoms with E-state index in [9.17, 15) is 13.2 Å². The number of guanidine groups is 1. The van der Waals surface area contributed by atoms with Crippen molar-refractivity contribution in [1.82, 2.24) is 15.6 Å². The zero-order valence-corrected chi connectivity index (χ0v) is 16.9. The average molecular weight is 427 g/mol. The Kier molecular flexibility index (Phi) is 7.18. The van der Waals surface area contributed by atoms with Gasteiger partial charge in [0.05, 0.1) is 5.69 Å². The molecule has 1 aromatic heterocycles. The van der Waals surface area contributed by atoms with Crippen molar-refractivity contribution in [2.75, 3.05) is 31.6 Å².